The summed E-state index contributed by atoms with van der Waals surface area (Å²) in [4.78, 5) is 10.4. The Morgan fingerprint density at radius 3 is 2.73 bits per heavy atom. The lowest BCUT2D eigenvalue weighted by molar-refractivity contribution is -0.137. The highest BCUT2D eigenvalue weighted by Gasteiger charge is 2.12. The summed E-state index contributed by atoms with van der Waals surface area (Å²) in [7, 11) is 1.83. The maximum Gasteiger partial charge on any atom is 0.303 e. The van der Waals surface area contributed by atoms with Crippen LogP contribution in [-0.4, -0.2) is 20.9 Å². The summed E-state index contributed by atoms with van der Waals surface area (Å²) in [6.45, 7) is 2.00. The number of hydrogen-bond donors (Lipinski definition) is 1. The van der Waals surface area contributed by atoms with Crippen molar-refractivity contribution in [2.45, 2.75) is 32.6 Å². The molecule has 1 aromatic heterocycles. The topological polar surface area (TPSA) is 55.1 Å². The van der Waals surface area contributed by atoms with Crippen LogP contribution in [0.1, 0.15) is 31.2 Å². The Kier molecular flexibility index (Phi) is 4.15. The fraction of sp³-hybridized carbons (Fsp3) is 0.600. The zero-order valence-electron chi connectivity index (χ0n) is 8.96. The molecule has 15 heavy (non-hydrogen) atoms. The van der Waals surface area contributed by atoms with E-state index in [1.165, 1.54) is 0 Å². The van der Waals surface area contributed by atoms with E-state index in [0.29, 0.717) is 17.9 Å². The molecule has 1 heterocycles. The van der Waals surface area contributed by atoms with Crippen molar-refractivity contribution in [3.63, 3.8) is 0 Å². The van der Waals surface area contributed by atoms with Crippen LogP contribution >= 0.6 is 11.6 Å². The van der Waals surface area contributed by atoms with Gasteiger partial charge in [-0.3, -0.25) is 9.48 Å². The van der Waals surface area contributed by atoms with Gasteiger partial charge in [-0.1, -0.05) is 18.5 Å². The summed E-state index contributed by atoms with van der Waals surface area (Å²) < 4.78 is 1.74. The molecule has 0 saturated heterocycles. The predicted molar refractivity (Wildman–Crippen MR) is 58.2 cm³/mol. The number of hydrogen-bond acceptors (Lipinski definition) is 2. The van der Waals surface area contributed by atoms with Crippen molar-refractivity contribution in [3.05, 3.63) is 16.4 Å². The highest BCUT2D eigenvalue weighted by Crippen LogP contribution is 2.22. The SMILES string of the molecule is CCc1nn(C)c(CCCC(=O)O)c1Cl. The molecule has 1 N–H and O–H groups in total. The van der Waals surface area contributed by atoms with E-state index in [1.54, 1.807) is 4.68 Å². The minimum atomic E-state index is -0.774. The molecule has 84 valence electrons. The molecule has 0 aliphatic carbocycles. The number of aromatic nitrogens is 2. The van der Waals surface area contributed by atoms with E-state index in [1.807, 2.05) is 14.0 Å². The Hall–Kier alpha value is -1.03. The molecule has 0 spiro atoms. The normalized spacial score (nSPS) is 10.6. The number of nitrogens with zero attached hydrogens (tertiary/aromatic N) is 2. The van der Waals surface area contributed by atoms with E-state index in [2.05, 4.69) is 5.10 Å². The van der Waals surface area contributed by atoms with Crippen LogP contribution in [0.15, 0.2) is 0 Å². The van der Waals surface area contributed by atoms with Gasteiger partial charge in [0.25, 0.3) is 0 Å². The van der Waals surface area contributed by atoms with Crippen LogP contribution in [0.3, 0.4) is 0 Å². The van der Waals surface area contributed by atoms with Gasteiger partial charge in [0.1, 0.15) is 0 Å². The number of carboxylic acids is 1. The van der Waals surface area contributed by atoms with Gasteiger partial charge in [-0.2, -0.15) is 5.10 Å². The van der Waals surface area contributed by atoms with Crippen molar-refractivity contribution < 1.29 is 9.90 Å². The molecule has 1 rings (SSSR count). The predicted octanol–water partition coefficient (Wildman–Crippen LogP) is 2.04. The molecular weight excluding hydrogens is 216 g/mol. The molecule has 0 fully saturated rings. The average Bonchev–Trinajstić information content (AvgIpc) is 2.44. The molecule has 0 amide bonds. The van der Waals surface area contributed by atoms with Gasteiger partial charge in [0.2, 0.25) is 0 Å². The maximum atomic E-state index is 10.4. The number of carbonyl (C=O) groups is 1. The largest absolute Gasteiger partial charge is 0.481 e. The molecule has 5 heteroatoms. The summed E-state index contributed by atoms with van der Waals surface area (Å²) in [5.74, 6) is -0.774. The van der Waals surface area contributed by atoms with Crippen molar-refractivity contribution in [2.24, 2.45) is 7.05 Å². The first-order chi connectivity index (χ1) is 7.06. The lowest BCUT2D eigenvalue weighted by Crippen LogP contribution is -2.01. The lowest BCUT2D eigenvalue weighted by atomic mass is 10.2. The zero-order valence-corrected chi connectivity index (χ0v) is 9.71. The zero-order chi connectivity index (χ0) is 11.4. The molecule has 4 nitrogen and oxygen atoms in total. The summed E-state index contributed by atoms with van der Waals surface area (Å²) in [5.41, 5.74) is 1.80. The Labute approximate surface area is 93.9 Å². The number of aliphatic carboxylic acids is 1. The number of aryl methyl sites for hydroxylation is 2. The fourth-order valence-electron chi connectivity index (χ4n) is 1.50. The van der Waals surface area contributed by atoms with Crippen molar-refractivity contribution in [1.29, 1.82) is 0 Å². The standard InChI is InChI=1S/C10H15ClN2O2/c1-3-7-10(11)8(13(2)12-7)5-4-6-9(14)15/h3-6H2,1-2H3,(H,14,15). The molecule has 0 saturated carbocycles. The molecule has 1 aromatic rings. The minimum absolute atomic E-state index is 0.170. The van der Waals surface area contributed by atoms with Gasteiger partial charge in [-0.25, -0.2) is 0 Å². The second-order valence-corrected chi connectivity index (χ2v) is 3.81. The number of carboxylic acid groups (broad SMARTS) is 1. The Morgan fingerprint density at radius 2 is 2.27 bits per heavy atom. The number of rotatable bonds is 5. The lowest BCUT2D eigenvalue weighted by Gasteiger charge is -2.00. The van der Waals surface area contributed by atoms with Crippen LogP contribution in [0, 0.1) is 0 Å². The van der Waals surface area contributed by atoms with E-state index in [0.717, 1.165) is 17.8 Å². The second-order valence-electron chi connectivity index (χ2n) is 3.43. The summed E-state index contributed by atoms with van der Waals surface area (Å²) in [6.07, 6.45) is 2.22. The molecule has 0 aromatic carbocycles. The average molecular weight is 231 g/mol. The molecule has 0 aliphatic rings. The maximum absolute atomic E-state index is 10.4. The molecule has 0 radical (unpaired) electrons. The Balaban J connectivity index is 2.68. The van der Waals surface area contributed by atoms with Gasteiger partial charge in [0.15, 0.2) is 0 Å². The first kappa shape index (κ1) is 12.0. The molecule has 0 aliphatic heterocycles. The van der Waals surface area contributed by atoms with E-state index in [9.17, 15) is 4.79 Å². The van der Waals surface area contributed by atoms with Crippen LogP contribution in [-0.2, 0) is 24.7 Å². The molecule has 0 bridgehead atoms. The van der Waals surface area contributed by atoms with Gasteiger partial charge in [-0.15, -0.1) is 0 Å². The third kappa shape index (κ3) is 2.96. The Bertz CT molecular complexity index is 361. The highest BCUT2D eigenvalue weighted by molar-refractivity contribution is 6.31. The third-order valence-electron chi connectivity index (χ3n) is 2.31. The van der Waals surface area contributed by atoms with E-state index in [4.69, 9.17) is 16.7 Å². The number of halogens is 1. The molecule has 0 unspecified atom stereocenters. The van der Waals surface area contributed by atoms with Crippen LogP contribution in [0.4, 0.5) is 0 Å². The molecule has 0 atom stereocenters. The van der Waals surface area contributed by atoms with Crippen LogP contribution in [0.5, 0.6) is 0 Å². The summed E-state index contributed by atoms with van der Waals surface area (Å²) >= 11 is 6.11. The second kappa shape index (κ2) is 5.16. The van der Waals surface area contributed by atoms with Gasteiger partial charge in [0, 0.05) is 13.5 Å². The van der Waals surface area contributed by atoms with Gasteiger partial charge < -0.3 is 5.11 Å². The van der Waals surface area contributed by atoms with Crippen molar-refractivity contribution in [3.8, 4) is 0 Å². The first-order valence-corrected chi connectivity index (χ1v) is 5.36. The monoisotopic (exact) mass is 230 g/mol. The van der Waals surface area contributed by atoms with Gasteiger partial charge in [-0.05, 0) is 19.3 Å². The van der Waals surface area contributed by atoms with Crippen LogP contribution < -0.4 is 0 Å². The highest BCUT2D eigenvalue weighted by atomic mass is 35.5. The van der Waals surface area contributed by atoms with Crippen LogP contribution in [0.2, 0.25) is 5.02 Å². The van der Waals surface area contributed by atoms with E-state index >= 15 is 0 Å². The third-order valence-corrected chi connectivity index (χ3v) is 2.74. The van der Waals surface area contributed by atoms with Crippen molar-refractivity contribution >= 4 is 17.6 Å². The summed E-state index contributed by atoms with van der Waals surface area (Å²) in [5, 5.41) is 13.5. The van der Waals surface area contributed by atoms with Crippen molar-refractivity contribution in [2.75, 3.05) is 0 Å². The minimum Gasteiger partial charge on any atom is -0.481 e. The smallest absolute Gasteiger partial charge is 0.303 e. The molecular formula is C10H15ClN2O2. The van der Waals surface area contributed by atoms with Crippen LogP contribution in [0.25, 0.3) is 0 Å². The van der Waals surface area contributed by atoms with E-state index < -0.39 is 5.97 Å². The Morgan fingerprint density at radius 1 is 1.60 bits per heavy atom. The quantitative estimate of drug-likeness (QED) is 0.842. The van der Waals surface area contributed by atoms with Gasteiger partial charge in [0.05, 0.1) is 16.4 Å². The first-order valence-electron chi connectivity index (χ1n) is 4.98. The van der Waals surface area contributed by atoms with E-state index in [-0.39, 0.29) is 6.42 Å². The fourth-order valence-corrected chi connectivity index (χ4v) is 1.89. The summed E-state index contributed by atoms with van der Waals surface area (Å²) in [6, 6.07) is 0. The van der Waals surface area contributed by atoms with Gasteiger partial charge >= 0.3 is 5.97 Å². The van der Waals surface area contributed by atoms with Crippen molar-refractivity contribution in [1.82, 2.24) is 9.78 Å².